The van der Waals surface area contributed by atoms with Crippen molar-refractivity contribution in [3.05, 3.63) is 0 Å². The molecule has 0 aliphatic rings. The van der Waals surface area contributed by atoms with Gasteiger partial charge in [-0.05, 0) is 18.3 Å². The lowest BCUT2D eigenvalue weighted by atomic mass is 9.82. The number of hydrogen-bond acceptors (Lipinski definition) is 4. The van der Waals surface area contributed by atoms with Crippen LogP contribution in [0, 0.1) is 22.7 Å². The maximum Gasteiger partial charge on any atom is 0.231 e. The molecule has 0 atom stereocenters. The first-order chi connectivity index (χ1) is 14.1. The van der Waals surface area contributed by atoms with Gasteiger partial charge in [-0.25, -0.2) is 20.4 Å². The lowest BCUT2D eigenvalue weighted by Crippen LogP contribution is -2.10. The topological polar surface area (TPSA) is 81.8 Å². The van der Waals surface area contributed by atoms with Crippen LogP contribution in [0.2, 0.25) is 0 Å². The Morgan fingerprint density at radius 3 is 0.897 bits per heavy atom. The maximum absolute atomic E-state index is 8.35. The van der Waals surface area contributed by atoms with Crippen LogP contribution in [-0.2, 0) is 9.59 Å². The van der Waals surface area contributed by atoms with E-state index in [0.717, 1.165) is 24.0 Å². The van der Waals surface area contributed by atoms with Crippen molar-refractivity contribution in [3.63, 3.8) is 0 Å². The van der Waals surface area contributed by atoms with Gasteiger partial charge in [0.25, 0.3) is 0 Å². The standard InChI is InChI=1S/C23H48.2CHNO/c1-5-9-13-17-22(18-14-10-6-2)21-23(19-15-11-7-3)20-16-12-8-4;2*2-1-3/h22-23H,5-21H2,1-4H3;2*2H. The predicted octanol–water partition coefficient (Wildman–Crippen LogP) is 8.73. The summed E-state index contributed by atoms with van der Waals surface area (Å²) < 4.78 is 0. The van der Waals surface area contributed by atoms with Gasteiger partial charge < -0.3 is 0 Å². The molecule has 0 spiro atoms. The highest BCUT2D eigenvalue weighted by molar-refractivity contribution is 5.26. The second-order valence-corrected chi connectivity index (χ2v) is 8.16. The van der Waals surface area contributed by atoms with E-state index in [1.54, 1.807) is 6.42 Å². The van der Waals surface area contributed by atoms with Crippen LogP contribution in [-0.4, -0.2) is 12.2 Å². The Balaban J connectivity index is -0.000000993. The zero-order chi connectivity index (χ0) is 22.6. The molecule has 2 N–H and O–H groups in total. The number of hydrogen-bond donors (Lipinski definition) is 2. The van der Waals surface area contributed by atoms with Gasteiger partial charge >= 0.3 is 0 Å². The minimum atomic E-state index is 0.750. The van der Waals surface area contributed by atoms with Crippen molar-refractivity contribution in [2.75, 3.05) is 0 Å². The Morgan fingerprint density at radius 1 is 0.517 bits per heavy atom. The van der Waals surface area contributed by atoms with Gasteiger partial charge in [0.05, 0.1) is 0 Å². The summed E-state index contributed by atoms with van der Waals surface area (Å²) in [6.07, 6.45) is 26.3. The van der Waals surface area contributed by atoms with E-state index in [9.17, 15) is 0 Å². The monoisotopic (exact) mass is 410 g/mol. The third-order valence-corrected chi connectivity index (χ3v) is 5.53. The molecule has 172 valence electrons. The molecule has 0 aromatic rings. The highest BCUT2D eigenvalue weighted by Crippen LogP contribution is 2.30. The van der Waals surface area contributed by atoms with Crippen LogP contribution >= 0.6 is 0 Å². The molecule has 0 bridgehead atoms. The van der Waals surface area contributed by atoms with E-state index < -0.39 is 0 Å². The van der Waals surface area contributed by atoms with E-state index in [-0.39, 0.29) is 0 Å². The molecule has 0 aliphatic heterocycles. The number of unbranched alkanes of at least 4 members (excludes halogenated alkanes) is 8. The third-order valence-electron chi connectivity index (χ3n) is 5.53. The van der Waals surface area contributed by atoms with Crippen LogP contribution < -0.4 is 0 Å². The summed E-state index contributed by atoms with van der Waals surface area (Å²) >= 11 is 0. The van der Waals surface area contributed by atoms with Crippen LogP contribution in [0.1, 0.15) is 137 Å². The fourth-order valence-corrected chi connectivity index (χ4v) is 3.96. The molecular weight excluding hydrogens is 360 g/mol. The van der Waals surface area contributed by atoms with Gasteiger partial charge in [0, 0.05) is 0 Å². The molecule has 0 aromatic carbocycles. The smallest absolute Gasteiger partial charge is 0.222 e. The zero-order valence-electron chi connectivity index (χ0n) is 20.0. The minimum absolute atomic E-state index is 0.750. The first kappa shape index (κ1) is 32.4. The minimum Gasteiger partial charge on any atom is -0.222 e. The molecule has 4 nitrogen and oxygen atoms in total. The summed E-state index contributed by atoms with van der Waals surface area (Å²) in [6, 6.07) is 0. The molecule has 0 radical (unpaired) electrons. The Hall–Kier alpha value is -1.24. The van der Waals surface area contributed by atoms with Gasteiger partial charge in [0.1, 0.15) is 0 Å². The molecular formula is C25H50N2O2. The van der Waals surface area contributed by atoms with Crippen molar-refractivity contribution in [3.8, 4) is 0 Å². The molecule has 0 aliphatic carbocycles. The van der Waals surface area contributed by atoms with E-state index in [4.69, 9.17) is 20.4 Å². The van der Waals surface area contributed by atoms with E-state index in [0.29, 0.717) is 0 Å². The van der Waals surface area contributed by atoms with Gasteiger partial charge in [-0.2, -0.15) is 0 Å². The predicted molar refractivity (Wildman–Crippen MR) is 125 cm³/mol. The van der Waals surface area contributed by atoms with Crippen LogP contribution in [0.3, 0.4) is 0 Å². The first-order valence-electron chi connectivity index (χ1n) is 12.2. The second-order valence-electron chi connectivity index (χ2n) is 8.16. The number of nitrogens with one attached hydrogen (secondary N) is 2. The molecule has 0 fully saturated rings. The summed E-state index contributed by atoms with van der Waals surface area (Å²) in [5.74, 6) is 2.06. The Labute approximate surface area is 181 Å². The maximum atomic E-state index is 8.35. The molecule has 0 aromatic heterocycles. The molecule has 0 amide bonds. The molecule has 29 heavy (non-hydrogen) atoms. The summed E-state index contributed by atoms with van der Waals surface area (Å²) in [5, 5.41) is 10.8. The van der Waals surface area contributed by atoms with E-state index >= 15 is 0 Å². The van der Waals surface area contributed by atoms with E-state index in [2.05, 4.69) is 27.7 Å². The second kappa shape index (κ2) is 31.5. The van der Waals surface area contributed by atoms with Gasteiger partial charge in [0.2, 0.25) is 12.2 Å². The van der Waals surface area contributed by atoms with Crippen molar-refractivity contribution in [2.45, 2.75) is 137 Å². The van der Waals surface area contributed by atoms with Gasteiger partial charge in [0.15, 0.2) is 0 Å². The lowest BCUT2D eigenvalue weighted by molar-refractivity contribution is 0.284. The highest BCUT2D eigenvalue weighted by atomic mass is 16.1. The average molecular weight is 411 g/mol. The Bertz CT molecular complexity index is 306. The molecule has 0 heterocycles. The van der Waals surface area contributed by atoms with Crippen LogP contribution in [0.4, 0.5) is 0 Å². The van der Waals surface area contributed by atoms with Gasteiger partial charge in [-0.3, -0.25) is 0 Å². The largest absolute Gasteiger partial charge is 0.231 e. The van der Waals surface area contributed by atoms with Crippen molar-refractivity contribution in [1.82, 2.24) is 0 Å². The van der Waals surface area contributed by atoms with E-state index in [1.807, 2.05) is 0 Å². The quantitative estimate of drug-likeness (QED) is 0.134. The zero-order valence-corrected chi connectivity index (χ0v) is 20.0. The fraction of sp³-hybridized carbons (Fsp3) is 0.920. The summed E-state index contributed by atoms with van der Waals surface area (Å²) in [4.78, 5) is 16.7. The molecule has 0 rings (SSSR count). The van der Waals surface area contributed by atoms with Crippen LogP contribution in [0.5, 0.6) is 0 Å². The molecule has 0 saturated carbocycles. The van der Waals surface area contributed by atoms with Crippen molar-refractivity contribution >= 4 is 12.2 Å². The lowest BCUT2D eigenvalue weighted by Gasteiger charge is -2.24. The number of rotatable bonds is 18. The first-order valence-corrected chi connectivity index (χ1v) is 12.2. The SMILES string of the molecule is CCCCCC(CCCCC)CC(CCCCC)CCCCC.N=C=O.N=C=O. The van der Waals surface area contributed by atoms with Crippen molar-refractivity contribution in [2.24, 2.45) is 11.8 Å². The van der Waals surface area contributed by atoms with Crippen molar-refractivity contribution < 1.29 is 9.59 Å². The van der Waals surface area contributed by atoms with Crippen molar-refractivity contribution in [1.29, 1.82) is 10.8 Å². The Morgan fingerprint density at radius 2 is 0.724 bits per heavy atom. The van der Waals surface area contributed by atoms with E-state index in [1.165, 1.54) is 103 Å². The van der Waals surface area contributed by atoms with Crippen LogP contribution in [0.25, 0.3) is 0 Å². The van der Waals surface area contributed by atoms with Gasteiger partial charge in [-0.15, -0.1) is 0 Å². The summed E-state index contributed by atoms with van der Waals surface area (Å²) in [7, 11) is 0. The van der Waals surface area contributed by atoms with Gasteiger partial charge in [-0.1, -0.05) is 130 Å². The molecule has 4 heteroatoms. The fourth-order valence-electron chi connectivity index (χ4n) is 3.96. The highest BCUT2D eigenvalue weighted by Gasteiger charge is 2.16. The summed E-state index contributed by atoms with van der Waals surface area (Å²) in [6.45, 7) is 9.35. The number of carbonyl (C=O) groups excluding carboxylic acids is 2. The molecule has 0 unspecified atom stereocenters. The average Bonchev–Trinajstić information content (AvgIpc) is 2.69. The number of isocyanates is 2. The normalized spacial score (nSPS) is 9.86. The molecule has 0 saturated heterocycles. The Kier molecular flexibility index (Phi) is 35.2. The third kappa shape index (κ3) is 31.7. The van der Waals surface area contributed by atoms with Crippen LogP contribution in [0.15, 0.2) is 0 Å². The summed E-state index contributed by atoms with van der Waals surface area (Å²) in [5.41, 5.74) is 0.